The van der Waals surface area contributed by atoms with Gasteiger partial charge in [-0.1, -0.05) is 0 Å². The van der Waals surface area contributed by atoms with Gasteiger partial charge in [0.1, 0.15) is 0 Å². The average Bonchev–Trinajstić information content (AvgIpc) is 2.69. The summed E-state index contributed by atoms with van der Waals surface area (Å²) in [6.07, 6.45) is 2.83. The van der Waals surface area contributed by atoms with Gasteiger partial charge in [-0.2, -0.15) is 4.98 Å². The predicted molar refractivity (Wildman–Crippen MR) is 117 cm³/mol. The highest BCUT2D eigenvalue weighted by atomic mass is 19.1. The first-order valence-electron chi connectivity index (χ1n) is 10.2. The van der Waals surface area contributed by atoms with Crippen LogP contribution in [0.2, 0.25) is 0 Å². The van der Waals surface area contributed by atoms with E-state index in [0.717, 1.165) is 19.0 Å². The number of anilines is 3. The zero-order valence-electron chi connectivity index (χ0n) is 18.9. The first kappa shape index (κ1) is 23.0. The lowest BCUT2D eigenvalue weighted by Gasteiger charge is -2.53. The minimum Gasteiger partial charge on any atom is -0.493 e. The second-order valence-electron chi connectivity index (χ2n) is 9.07. The maximum absolute atomic E-state index is 14.5. The largest absolute Gasteiger partial charge is 0.493 e. The standard InChI is InChI=1S/C22H31F2N5O2/c1-21(2)10-15(11-22(3,4)29(21)5)26-19-16(24)12-25-20(28-19)27-14-7-8-17(30-6)18(9-14)31-13-23/h7-9,12,15H,10-11,13H2,1-6H3,(H2,25,26,27,28). The summed E-state index contributed by atoms with van der Waals surface area (Å²) in [6.45, 7) is 7.77. The Morgan fingerprint density at radius 1 is 1.16 bits per heavy atom. The van der Waals surface area contributed by atoms with Crippen molar-refractivity contribution in [2.45, 2.75) is 57.7 Å². The summed E-state index contributed by atoms with van der Waals surface area (Å²) in [5.74, 6) is 0.486. The van der Waals surface area contributed by atoms with Gasteiger partial charge in [0.05, 0.1) is 13.3 Å². The van der Waals surface area contributed by atoms with E-state index in [1.807, 2.05) is 0 Å². The van der Waals surface area contributed by atoms with Gasteiger partial charge in [0.2, 0.25) is 12.8 Å². The zero-order valence-corrected chi connectivity index (χ0v) is 18.9. The molecule has 3 rings (SSSR count). The van der Waals surface area contributed by atoms with Crippen molar-refractivity contribution < 1.29 is 18.3 Å². The number of halogens is 2. The summed E-state index contributed by atoms with van der Waals surface area (Å²) in [5, 5.41) is 6.27. The molecule has 0 radical (unpaired) electrons. The number of nitrogens with one attached hydrogen (secondary N) is 2. The number of hydrogen-bond donors (Lipinski definition) is 2. The highest BCUT2D eigenvalue weighted by Gasteiger charge is 2.43. The Labute approximate surface area is 182 Å². The monoisotopic (exact) mass is 435 g/mol. The van der Waals surface area contributed by atoms with Crippen molar-refractivity contribution in [1.82, 2.24) is 14.9 Å². The number of methoxy groups -OCH3 is 1. The number of hydrogen-bond acceptors (Lipinski definition) is 7. The molecule has 2 heterocycles. The van der Waals surface area contributed by atoms with Gasteiger partial charge in [-0.3, -0.25) is 4.90 Å². The number of alkyl halides is 1. The van der Waals surface area contributed by atoms with Crippen LogP contribution in [0.5, 0.6) is 11.5 Å². The fourth-order valence-electron chi connectivity index (χ4n) is 4.25. The van der Waals surface area contributed by atoms with Crippen molar-refractivity contribution in [3.05, 3.63) is 30.2 Å². The van der Waals surface area contributed by atoms with Crippen molar-refractivity contribution in [3.63, 3.8) is 0 Å². The van der Waals surface area contributed by atoms with E-state index in [9.17, 15) is 8.78 Å². The Balaban J connectivity index is 1.79. The molecule has 2 aromatic rings. The van der Waals surface area contributed by atoms with E-state index < -0.39 is 12.7 Å². The minimum absolute atomic E-state index is 0.0417. The van der Waals surface area contributed by atoms with Crippen LogP contribution in [0.15, 0.2) is 24.4 Å². The Morgan fingerprint density at radius 2 is 1.84 bits per heavy atom. The summed E-state index contributed by atoms with van der Waals surface area (Å²) < 4.78 is 37.2. The molecule has 0 aliphatic carbocycles. The number of aromatic nitrogens is 2. The van der Waals surface area contributed by atoms with E-state index >= 15 is 0 Å². The van der Waals surface area contributed by atoms with Crippen LogP contribution in [-0.4, -0.2) is 53.0 Å². The molecule has 9 heteroatoms. The third kappa shape index (κ3) is 5.15. The highest BCUT2D eigenvalue weighted by Crippen LogP contribution is 2.38. The Hall–Kier alpha value is -2.68. The molecule has 1 aromatic carbocycles. The second-order valence-corrected chi connectivity index (χ2v) is 9.07. The number of piperidine rings is 1. The molecule has 1 aromatic heterocycles. The van der Waals surface area contributed by atoms with E-state index in [1.165, 1.54) is 7.11 Å². The van der Waals surface area contributed by atoms with E-state index in [0.29, 0.717) is 11.4 Å². The van der Waals surface area contributed by atoms with E-state index in [4.69, 9.17) is 9.47 Å². The SMILES string of the molecule is COc1ccc(Nc2ncc(F)c(NC3CC(C)(C)N(C)C(C)(C)C3)n2)cc1OCF. The molecule has 0 amide bonds. The number of rotatable bonds is 7. The van der Waals surface area contributed by atoms with Gasteiger partial charge in [-0.05, 0) is 59.7 Å². The first-order valence-corrected chi connectivity index (χ1v) is 10.2. The van der Waals surface area contributed by atoms with Gasteiger partial charge in [-0.25, -0.2) is 13.8 Å². The van der Waals surface area contributed by atoms with Crippen molar-refractivity contribution >= 4 is 17.5 Å². The van der Waals surface area contributed by atoms with Crippen LogP contribution in [0, 0.1) is 5.82 Å². The molecule has 0 saturated carbocycles. The summed E-state index contributed by atoms with van der Waals surface area (Å²) in [5.41, 5.74) is 0.475. The number of ether oxygens (including phenoxy) is 2. The summed E-state index contributed by atoms with van der Waals surface area (Å²) >= 11 is 0. The van der Waals surface area contributed by atoms with Gasteiger partial charge in [-0.15, -0.1) is 0 Å². The zero-order chi connectivity index (χ0) is 22.8. The van der Waals surface area contributed by atoms with E-state index in [1.54, 1.807) is 18.2 Å². The van der Waals surface area contributed by atoms with E-state index in [-0.39, 0.29) is 34.6 Å². The number of benzene rings is 1. The lowest BCUT2D eigenvalue weighted by molar-refractivity contribution is -0.00778. The lowest BCUT2D eigenvalue weighted by atomic mass is 9.77. The fourth-order valence-corrected chi connectivity index (χ4v) is 4.25. The van der Waals surface area contributed by atoms with Gasteiger partial charge < -0.3 is 20.1 Å². The average molecular weight is 436 g/mol. The van der Waals surface area contributed by atoms with Crippen molar-refractivity contribution in [3.8, 4) is 11.5 Å². The van der Waals surface area contributed by atoms with Crippen molar-refractivity contribution in [2.24, 2.45) is 0 Å². The predicted octanol–water partition coefficient (Wildman–Crippen LogP) is 4.74. The summed E-state index contributed by atoms with van der Waals surface area (Å²) in [6, 6.07) is 4.98. The van der Waals surface area contributed by atoms with Gasteiger partial charge in [0, 0.05) is 28.9 Å². The fraction of sp³-hybridized carbons (Fsp3) is 0.545. The normalized spacial score (nSPS) is 18.5. The van der Waals surface area contributed by atoms with Crippen LogP contribution in [0.25, 0.3) is 0 Å². The van der Waals surface area contributed by atoms with Crippen LogP contribution in [-0.2, 0) is 0 Å². The number of likely N-dealkylation sites (tertiary alicyclic amines) is 1. The first-order chi connectivity index (χ1) is 14.6. The van der Waals surface area contributed by atoms with Crippen molar-refractivity contribution in [2.75, 3.05) is 31.7 Å². The molecule has 31 heavy (non-hydrogen) atoms. The van der Waals surface area contributed by atoms with Crippen molar-refractivity contribution in [1.29, 1.82) is 0 Å². The van der Waals surface area contributed by atoms with Crippen LogP contribution >= 0.6 is 0 Å². The van der Waals surface area contributed by atoms with Crippen LogP contribution in [0.1, 0.15) is 40.5 Å². The molecule has 0 bridgehead atoms. The Morgan fingerprint density at radius 3 is 2.45 bits per heavy atom. The molecule has 7 nitrogen and oxygen atoms in total. The molecular formula is C22H31F2N5O2. The van der Waals surface area contributed by atoms with Crippen LogP contribution < -0.4 is 20.1 Å². The second kappa shape index (κ2) is 8.82. The topological polar surface area (TPSA) is 71.5 Å². The summed E-state index contributed by atoms with van der Waals surface area (Å²) in [7, 11) is 3.60. The Kier molecular flexibility index (Phi) is 6.54. The molecular weight excluding hydrogens is 404 g/mol. The van der Waals surface area contributed by atoms with Gasteiger partial charge >= 0.3 is 0 Å². The molecule has 2 N–H and O–H groups in total. The third-order valence-corrected chi connectivity index (χ3v) is 6.02. The van der Waals surface area contributed by atoms with Gasteiger partial charge in [0.15, 0.2) is 23.1 Å². The minimum atomic E-state index is -0.982. The van der Waals surface area contributed by atoms with Crippen LogP contribution in [0.3, 0.4) is 0 Å². The molecule has 1 saturated heterocycles. The molecule has 1 aliphatic heterocycles. The lowest BCUT2D eigenvalue weighted by Crippen LogP contribution is -2.61. The summed E-state index contributed by atoms with van der Waals surface area (Å²) in [4.78, 5) is 10.7. The molecule has 170 valence electrons. The molecule has 1 aliphatic rings. The third-order valence-electron chi connectivity index (χ3n) is 6.02. The smallest absolute Gasteiger partial charge is 0.229 e. The molecule has 0 spiro atoms. The van der Waals surface area contributed by atoms with Gasteiger partial charge in [0.25, 0.3) is 0 Å². The maximum Gasteiger partial charge on any atom is 0.229 e. The quantitative estimate of drug-likeness (QED) is 0.651. The number of nitrogens with zero attached hydrogens (tertiary/aromatic N) is 3. The molecule has 0 atom stereocenters. The highest BCUT2D eigenvalue weighted by molar-refractivity contribution is 5.60. The van der Waals surface area contributed by atoms with Crippen LogP contribution in [0.4, 0.5) is 26.2 Å². The maximum atomic E-state index is 14.5. The van der Waals surface area contributed by atoms with E-state index in [2.05, 4.69) is 60.2 Å². The Bertz CT molecular complexity index is 905. The molecule has 0 unspecified atom stereocenters. The molecule has 1 fully saturated rings.